The molecule has 1 amide bonds. The van der Waals surface area contributed by atoms with Gasteiger partial charge in [0.2, 0.25) is 5.91 Å². The van der Waals surface area contributed by atoms with Gasteiger partial charge >= 0.3 is 0 Å². The van der Waals surface area contributed by atoms with Gasteiger partial charge in [-0.05, 0) is 42.2 Å². The molecule has 5 nitrogen and oxygen atoms in total. The molecule has 1 fully saturated rings. The minimum atomic E-state index is 0.0213. The first-order chi connectivity index (χ1) is 11.7. The Balaban J connectivity index is 1.43. The number of benzene rings is 1. The molecule has 122 valence electrons. The average Bonchev–Trinajstić information content (AvgIpc) is 3.40. The van der Waals surface area contributed by atoms with E-state index < -0.39 is 0 Å². The van der Waals surface area contributed by atoms with Crippen molar-refractivity contribution in [1.29, 1.82) is 5.26 Å². The van der Waals surface area contributed by atoms with Gasteiger partial charge in [-0.3, -0.25) is 4.79 Å². The SMILES string of the molecule is N#Cc1cccnc1NCCNC(=O)C1CC1c1cccc(Cl)c1. The molecule has 2 atom stereocenters. The summed E-state index contributed by atoms with van der Waals surface area (Å²) in [5.41, 5.74) is 1.61. The fraction of sp³-hybridized carbons (Fsp3) is 0.278. The molecule has 2 unspecified atom stereocenters. The van der Waals surface area contributed by atoms with Gasteiger partial charge in [-0.1, -0.05) is 23.7 Å². The summed E-state index contributed by atoms with van der Waals surface area (Å²) in [7, 11) is 0. The van der Waals surface area contributed by atoms with E-state index in [-0.39, 0.29) is 17.7 Å². The lowest BCUT2D eigenvalue weighted by atomic mass is 10.1. The van der Waals surface area contributed by atoms with Crippen molar-refractivity contribution < 1.29 is 4.79 Å². The number of nitrogens with one attached hydrogen (secondary N) is 2. The Bertz CT molecular complexity index is 787. The number of anilines is 1. The van der Waals surface area contributed by atoms with E-state index in [1.165, 1.54) is 0 Å². The van der Waals surface area contributed by atoms with Gasteiger partial charge < -0.3 is 10.6 Å². The van der Waals surface area contributed by atoms with Crippen molar-refractivity contribution in [2.24, 2.45) is 5.92 Å². The second-order valence-electron chi connectivity index (χ2n) is 5.73. The third-order valence-electron chi connectivity index (χ3n) is 4.05. The largest absolute Gasteiger partial charge is 0.367 e. The standard InChI is InChI=1S/C18H17ClN4O/c19-14-5-1-3-12(9-14)15-10-16(15)18(24)23-8-7-22-17-13(11-20)4-2-6-21-17/h1-6,9,15-16H,7-8,10H2,(H,21,22)(H,23,24). The molecule has 1 aliphatic carbocycles. The lowest BCUT2D eigenvalue weighted by molar-refractivity contribution is -0.122. The first-order valence-electron chi connectivity index (χ1n) is 7.81. The van der Waals surface area contributed by atoms with Crippen LogP contribution >= 0.6 is 11.6 Å². The zero-order chi connectivity index (χ0) is 16.9. The van der Waals surface area contributed by atoms with E-state index >= 15 is 0 Å². The molecule has 1 aromatic carbocycles. The Hall–Kier alpha value is -2.58. The smallest absolute Gasteiger partial charge is 0.223 e. The highest BCUT2D eigenvalue weighted by atomic mass is 35.5. The van der Waals surface area contributed by atoms with Gasteiger partial charge in [-0.2, -0.15) is 5.26 Å². The molecule has 1 aromatic heterocycles. The van der Waals surface area contributed by atoms with E-state index in [0.717, 1.165) is 12.0 Å². The molecule has 6 heteroatoms. The highest BCUT2D eigenvalue weighted by Gasteiger charge is 2.43. The molecule has 2 aromatic rings. The molecule has 1 heterocycles. The summed E-state index contributed by atoms with van der Waals surface area (Å²) in [6.07, 6.45) is 2.49. The minimum Gasteiger partial charge on any atom is -0.367 e. The maximum Gasteiger partial charge on any atom is 0.223 e. The monoisotopic (exact) mass is 340 g/mol. The number of hydrogen-bond acceptors (Lipinski definition) is 4. The summed E-state index contributed by atoms with van der Waals surface area (Å²) >= 11 is 5.99. The van der Waals surface area contributed by atoms with Crippen LogP contribution in [0, 0.1) is 17.2 Å². The topological polar surface area (TPSA) is 77.8 Å². The summed E-state index contributed by atoms with van der Waals surface area (Å²) in [5.74, 6) is 0.881. The molecule has 3 rings (SSSR count). The zero-order valence-corrected chi connectivity index (χ0v) is 13.8. The number of halogens is 1. The van der Waals surface area contributed by atoms with Gasteiger partial charge in [-0.15, -0.1) is 0 Å². The van der Waals surface area contributed by atoms with Crippen LogP contribution in [-0.2, 0) is 4.79 Å². The van der Waals surface area contributed by atoms with Crippen LogP contribution in [0.4, 0.5) is 5.82 Å². The first kappa shape index (κ1) is 16.3. The maximum atomic E-state index is 12.2. The quantitative estimate of drug-likeness (QED) is 0.792. The summed E-state index contributed by atoms with van der Waals surface area (Å²) in [6.45, 7) is 1.00. The van der Waals surface area contributed by atoms with Gasteiger partial charge in [0.1, 0.15) is 11.9 Å². The molecule has 1 saturated carbocycles. The van der Waals surface area contributed by atoms with Gasteiger partial charge in [-0.25, -0.2) is 4.98 Å². The van der Waals surface area contributed by atoms with Crippen molar-refractivity contribution in [3.8, 4) is 6.07 Å². The number of hydrogen-bond donors (Lipinski definition) is 2. The lowest BCUT2D eigenvalue weighted by Gasteiger charge is -2.08. The molecule has 0 aliphatic heterocycles. The first-order valence-corrected chi connectivity index (χ1v) is 8.19. The van der Waals surface area contributed by atoms with Crippen LogP contribution in [0.2, 0.25) is 5.02 Å². The summed E-state index contributed by atoms with van der Waals surface area (Å²) in [4.78, 5) is 16.3. The van der Waals surface area contributed by atoms with Crippen molar-refractivity contribution in [3.63, 3.8) is 0 Å². The summed E-state index contributed by atoms with van der Waals surface area (Å²) in [6, 6.07) is 13.2. The van der Waals surface area contributed by atoms with Crippen molar-refractivity contribution in [3.05, 3.63) is 58.7 Å². The number of aromatic nitrogens is 1. The molecule has 0 spiro atoms. The number of carbonyl (C=O) groups excluding carboxylic acids is 1. The third kappa shape index (κ3) is 3.84. The second-order valence-corrected chi connectivity index (χ2v) is 6.17. The van der Waals surface area contributed by atoms with Crippen LogP contribution in [0.25, 0.3) is 0 Å². The molecule has 0 saturated heterocycles. The molecule has 2 N–H and O–H groups in total. The average molecular weight is 341 g/mol. The maximum absolute atomic E-state index is 12.2. The molecule has 0 radical (unpaired) electrons. The minimum absolute atomic E-state index is 0.0213. The summed E-state index contributed by atoms with van der Waals surface area (Å²) < 4.78 is 0. The second kappa shape index (κ2) is 7.33. The van der Waals surface area contributed by atoms with E-state index in [4.69, 9.17) is 16.9 Å². The van der Waals surface area contributed by atoms with Gasteiger partial charge in [0.25, 0.3) is 0 Å². The fourth-order valence-corrected chi connectivity index (χ4v) is 2.92. The Morgan fingerprint density at radius 1 is 1.33 bits per heavy atom. The van der Waals surface area contributed by atoms with Gasteiger partial charge in [0.05, 0.1) is 5.56 Å². The molecule has 0 bridgehead atoms. The van der Waals surface area contributed by atoms with E-state index in [0.29, 0.717) is 29.5 Å². The van der Waals surface area contributed by atoms with E-state index in [1.54, 1.807) is 18.3 Å². The lowest BCUT2D eigenvalue weighted by Crippen LogP contribution is -2.30. The molecule has 1 aliphatic rings. The third-order valence-corrected chi connectivity index (χ3v) is 4.28. The molecular formula is C18H17ClN4O. The highest BCUT2D eigenvalue weighted by Crippen LogP contribution is 2.47. The normalized spacial score (nSPS) is 18.5. The Morgan fingerprint density at radius 2 is 2.21 bits per heavy atom. The van der Waals surface area contributed by atoms with Crippen LogP contribution < -0.4 is 10.6 Å². The van der Waals surface area contributed by atoms with Crippen molar-refractivity contribution in [2.75, 3.05) is 18.4 Å². The van der Waals surface area contributed by atoms with Crippen molar-refractivity contribution in [1.82, 2.24) is 10.3 Å². The fourth-order valence-electron chi connectivity index (χ4n) is 2.72. The predicted octanol–water partition coefficient (Wildman–Crippen LogP) is 2.94. The van der Waals surface area contributed by atoms with E-state index in [1.807, 2.05) is 24.3 Å². The summed E-state index contributed by atoms with van der Waals surface area (Å²) in [5, 5.41) is 15.7. The Kier molecular flexibility index (Phi) is 4.97. The number of nitrogens with zero attached hydrogens (tertiary/aromatic N) is 2. The number of amides is 1. The van der Waals surface area contributed by atoms with Crippen LogP contribution in [0.1, 0.15) is 23.5 Å². The number of pyridine rings is 1. The van der Waals surface area contributed by atoms with Gasteiger partial charge in [0.15, 0.2) is 0 Å². The van der Waals surface area contributed by atoms with Crippen molar-refractivity contribution in [2.45, 2.75) is 12.3 Å². The van der Waals surface area contributed by atoms with Crippen LogP contribution in [0.15, 0.2) is 42.6 Å². The number of nitriles is 1. The Labute approximate surface area is 145 Å². The number of rotatable bonds is 6. The van der Waals surface area contributed by atoms with Gasteiger partial charge in [0, 0.05) is 30.2 Å². The molecule has 24 heavy (non-hydrogen) atoms. The Morgan fingerprint density at radius 3 is 3.00 bits per heavy atom. The zero-order valence-electron chi connectivity index (χ0n) is 13.0. The van der Waals surface area contributed by atoms with Crippen LogP contribution in [0.5, 0.6) is 0 Å². The number of carbonyl (C=O) groups is 1. The predicted molar refractivity (Wildman–Crippen MR) is 92.8 cm³/mol. The van der Waals surface area contributed by atoms with E-state index in [2.05, 4.69) is 21.7 Å². The van der Waals surface area contributed by atoms with Crippen LogP contribution in [0.3, 0.4) is 0 Å². The molecular weight excluding hydrogens is 324 g/mol. The highest BCUT2D eigenvalue weighted by molar-refractivity contribution is 6.30. The van der Waals surface area contributed by atoms with Crippen molar-refractivity contribution >= 4 is 23.3 Å². The van der Waals surface area contributed by atoms with Crippen LogP contribution in [-0.4, -0.2) is 24.0 Å². The van der Waals surface area contributed by atoms with E-state index in [9.17, 15) is 4.79 Å².